The summed E-state index contributed by atoms with van der Waals surface area (Å²) in [6.45, 7) is 2.81. The molecule has 7 nitrogen and oxygen atoms in total. The molecule has 0 spiro atoms. The van der Waals surface area contributed by atoms with Crippen LogP contribution in [0.5, 0.6) is 17.2 Å². The zero-order valence-corrected chi connectivity index (χ0v) is 22.4. The molecule has 0 aliphatic heterocycles. The van der Waals surface area contributed by atoms with Crippen molar-refractivity contribution in [3.05, 3.63) is 95.7 Å². The van der Waals surface area contributed by atoms with Gasteiger partial charge in [-0.3, -0.25) is 9.78 Å². The molecule has 0 amide bonds. The Bertz CT molecular complexity index is 1600. The van der Waals surface area contributed by atoms with Crippen LogP contribution in [-0.4, -0.2) is 42.9 Å². The predicted molar refractivity (Wildman–Crippen MR) is 150 cm³/mol. The molecule has 0 aliphatic rings. The highest BCUT2D eigenvalue weighted by Crippen LogP contribution is 2.36. The number of nitrogens with one attached hydrogen (secondary N) is 1. The Balaban J connectivity index is 1.73. The third-order valence-electron chi connectivity index (χ3n) is 5.86. The lowest BCUT2D eigenvalue weighted by molar-refractivity contribution is -0.114. The fourth-order valence-corrected chi connectivity index (χ4v) is 4.01. The molecule has 0 aliphatic carbocycles. The Labute approximate surface area is 231 Å². The lowest BCUT2D eigenvalue weighted by atomic mass is 10.0. The van der Waals surface area contributed by atoms with Crippen molar-refractivity contribution >= 4 is 28.1 Å². The highest BCUT2D eigenvalue weighted by atomic mass is 19.1. The molecule has 3 aromatic carbocycles. The van der Waals surface area contributed by atoms with Crippen molar-refractivity contribution in [2.24, 2.45) is 0 Å². The number of nitrogens with zero attached hydrogens (tertiary/aromatic N) is 3. The van der Waals surface area contributed by atoms with E-state index < -0.39 is 11.6 Å². The van der Waals surface area contributed by atoms with Crippen LogP contribution >= 0.6 is 0 Å². The van der Waals surface area contributed by atoms with Crippen molar-refractivity contribution in [1.82, 2.24) is 9.88 Å². The molecule has 0 unspecified atom stereocenters. The second-order valence-electron chi connectivity index (χ2n) is 9.18. The third-order valence-corrected chi connectivity index (χ3v) is 5.86. The van der Waals surface area contributed by atoms with Crippen molar-refractivity contribution in [3.8, 4) is 23.3 Å². The molecule has 1 N–H and O–H groups in total. The number of aromatic nitrogens is 1. The van der Waals surface area contributed by atoms with Gasteiger partial charge in [-0.05, 0) is 45.3 Å². The average Bonchev–Trinajstić information content (AvgIpc) is 2.92. The predicted octanol–water partition coefficient (Wildman–Crippen LogP) is 6.55. The van der Waals surface area contributed by atoms with Gasteiger partial charge in [0.15, 0.2) is 23.2 Å². The Hall–Kier alpha value is -4.81. The number of ether oxygens (including phenoxy) is 2. The third kappa shape index (κ3) is 6.79. The van der Waals surface area contributed by atoms with Gasteiger partial charge in [-0.25, -0.2) is 8.78 Å². The van der Waals surface area contributed by atoms with Gasteiger partial charge >= 0.3 is 0 Å². The summed E-state index contributed by atoms with van der Waals surface area (Å²) >= 11 is 0. The molecule has 4 rings (SSSR count). The van der Waals surface area contributed by atoms with Crippen LogP contribution in [0.15, 0.2) is 72.9 Å². The van der Waals surface area contributed by atoms with Crippen LogP contribution in [0, 0.1) is 23.0 Å². The molecule has 4 aromatic rings. The van der Waals surface area contributed by atoms with E-state index >= 15 is 4.39 Å². The monoisotopic (exact) mass is 542 g/mol. The molecular weight excluding hydrogens is 514 g/mol. The van der Waals surface area contributed by atoms with Gasteiger partial charge in [-0.1, -0.05) is 24.3 Å². The number of halogens is 2. The number of ketones is 1. The minimum atomic E-state index is -0.793. The van der Waals surface area contributed by atoms with Crippen LogP contribution in [0.4, 0.5) is 20.2 Å². The van der Waals surface area contributed by atoms with Gasteiger partial charge in [-0.2, -0.15) is 5.26 Å². The van der Waals surface area contributed by atoms with Gasteiger partial charge in [0.2, 0.25) is 0 Å². The van der Waals surface area contributed by atoms with E-state index in [1.807, 2.05) is 32.0 Å². The minimum Gasteiger partial charge on any atom is -0.494 e. The largest absolute Gasteiger partial charge is 0.494 e. The summed E-state index contributed by atoms with van der Waals surface area (Å²) in [5.41, 5.74) is 1.17. The zero-order chi connectivity index (χ0) is 28.6. The maximum atomic E-state index is 15.2. The molecule has 0 fully saturated rings. The number of likely N-dealkylation sites (N-methyl/N-ethyl adjacent to an activating group) is 1. The molecule has 0 saturated carbocycles. The quantitative estimate of drug-likeness (QED) is 0.215. The topological polar surface area (TPSA) is 87.5 Å². The second kappa shape index (κ2) is 12.8. The summed E-state index contributed by atoms with van der Waals surface area (Å²) in [5, 5.41) is 13.1. The zero-order valence-electron chi connectivity index (χ0n) is 22.4. The number of benzene rings is 3. The van der Waals surface area contributed by atoms with Crippen molar-refractivity contribution in [2.45, 2.75) is 13.3 Å². The highest BCUT2D eigenvalue weighted by molar-refractivity contribution is 5.99. The summed E-state index contributed by atoms with van der Waals surface area (Å²) in [7, 11) is 3.80. The number of para-hydroxylation sites is 1. The van der Waals surface area contributed by atoms with Crippen LogP contribution in [0.1, 0.15) is 18.1 Å². The summed E-state index contributed by atoms with van der Waals surface area (Å²) < 4.78 is 41.3. The first-order chi connectivity index (χ1) is 19.3. The lowest BCUT2D eigenvalue weighted by Gasteiger charge is -2.16. The van der Waals surface area contributed by atoms with E-state index in [9.17, 15) is 14.4 Å². The average molecular weight is 543 g/mol. The van der Waals surface area contributed by atoms with Crippen molar-refractivity contribution in [1.29, 1.82) is 5.26 Å². The first-order valence-electron chi connectivity index (χ1n) is 12.6. The SMILES string of the molecule is CCOc1cc2ncc(C#N)c(Nc3cc(F)c(Oc4ccccc4)cc3F)c2cc1CC(=O)/C=C/CN(C)C. The normalized spacial score (nSPS) is 11.1. The summed E-state index contributed by atoms with van der Waals surface area (Å²) in [6, 6.07) is 15.8. The molecule has 0 radical (unpaired) electrons. The summed E-state index contributed by atoms with van der Waals surface area (Å²) in [6.07, 6.45) is 4.67. The first kappa shape index (κ1) is 28.2. The Morgan fingerprint density at radius 3 is 2.58 bits per heavy atom. The van der Waals surface area contributed by atoms with E-state index in [2.05, 4.69) is 10.3 Å². The van der Waals surface area contributed by atoms with E-state index in [1.54, 1.807) is 48.5 Å². The fourth-order valence-electron chi connectivity index (χ4n) is 4.01. The second-order valence-corrected chi connectivity index (χ2v) is 9.18. The fraction of sp³-hybridized carbons (Fsp3) is 0.194. The van der Waals surface area contributed by atoms with Crippen LogP contribution in [0.3, 0.4) is 0 Å². The van der Waals surface area contributed by atoms with E-state index in [0.717, 1.165) is 12.1 Å². The first-order valence-corrected chi connectivity index (χ1v) is 12.6. The highest BCUT2D eigenvalue weighted by Gasteiger charge is 2.18. The van der Waals surface area contributed by atoms with Gasteiger partial charge in [-0.15, -0.1) is 0 Å². The molecule has 1 heterocycles. The van der Waals surface area contributed by atoms with E-state index in [-0.39, 0.29) is 34.9 Å². The number of carbonyl (C=O) groups is 1. The number of rotatable bonds is 11. The van der Waals surface area contributed by atoms with E-state index in [0.29, 0.717) is 41.1 Å². The molecule has 204 valence electrons. The Morgan fingerprint density at radius 2 is 1.88 bits per heavy atom. The maximum absolute atomic E-state index is 15.2. The van der Waals surface area contributed by atoms with E-state index in [4.69, 9.17) is 9.47 Å². The standard InChI is InChI=1S/C31H28F2N4O3/c1-4-39-29-17-27-24(14-20(29)13-22(38)9-8-12-37(2)3)31(21(18-34)19-35-27)36-28-15-26(33)30(16-25(28)32)40-23-10-6-5-7-11-23/h5-11,14-17,19H,4,12-13H2,1-3H3,(H,35,36)/b9-8+. The maximum Gasteiger partial charge on any atom is 0.168 e. The molecular formula is C31H28F2N4O3. The van der Waals surface area contributed by atoms with Crippen molar-refractivity contribution in [3.63, 3.8) is 0 Å². The number of nitriles is 1. The number of hydrogen-bond donors (Lipinski definition) is 1. The molecule has 0 atom stereocenters. The molecule has 0 saturated heterocycles. The number of carbonyl (C=O) groups excluding carboxylic acids is 1. The lowest BCUT2D eigenvalue weighted by Crippen LogP contribution is -2.11. The Kier molecular flexibility index (Phi) is 9.04. The van der Waals surface area contributed by atoms with Crippen molar-refractivity contribution in [2.75, 3.05) is 32.6 Å². The number of allylic oxidation sites excluding steroid dienone is 1. The van der Waals surface area contributed by atoms with Gasteiger partial charge in [0.25, 0.3) is 0 Å². The summed E-state index contributed by atoms with van der Waals surface area (Å²) in [5.74, 6) is -1.15. The van der Waals surface area contributed by atoms with Gasteiger partial charge in [0.1, 0.15) is 17.6 Å². The number of anilines is 2. The number of hydrogen-bond acceptors (Lipinski definition) is 7. The minimum absolute atomic E-state index is 0.0416. The van der Waals surface area contributed by atoms with Gasteiger partial charge in [0, 0.05) is 48.3 Å². The van der Waals surface area contributed by atoms with Crippen LogP contribution < -0.4 is 14.8 Å². The Morgan fingerprint density at radius 1 is 1.10 bits per heavy atom. The molecule has 0 bridgehead atoms. The van der Waals surface area contributed by atoms with Gasteiger partial charge in [0.05, 0.1) is 29.1 Å². The van der Waals surface area contributed by atoms with Crippen molar-refractivity contribution < 1.29 is 23.0 Å². The van der Waals surface area contributed by atoms with Crippen LogP contribution in [0.25, 0.3) is 10.9 Å². The van der Waals surface area contributed by atoms with Crippen LogP contribution in [0.2, 0.25) is 0 Å². The van der Waals surface area contributed by atoms with E-state index in [1.165, 1.54) is 12.3 Å². The number of pyridine rings is 1. The summed E-state index contributed by atoms with van der Waals surface area (Å²) in [4.78, 5) is 19.0. The van der Waals surface area contributed by atoms with Gasteiger partial charge < -0.3 is 19.7 Å². The molecule has 9 heteroatoms. The number of fused-ring (bicyclic) bond motifs is 1. The van der Waals surface area contributed by atoms with Crippen LogP contribution in [-0.2, 0) is 11.2 Å². The molecule has 1 aromatic heterocycles. The smallest absolute Gasteiger partial charge is 0.168 e. The molecule has 40 heavy (non-hydrogen) atoms.